The number of rotatable bonds is 6. The van der Waals surface area contributed by atoms with E-state index in [0.717, 1.165) is 0 Å². The summed E-state index contributed by atoms with van der Waals surface area (Å²) in [6.07, 6.45) is 0.157. The van der Waals surface area contributed by atoms with E-state index in [1.807, 2.05) is 0 Å². The molecule has 92 valence electrons. The molecule has 0 aliphatic carbocycles. The van der Waals surface area contributed by atoms with Gasteiger partial charge in [0, 0.05) is 6.42 Å². The molecule has 0 heterocycles. The summed E-state index contributed by atoms with van der Waals surface area (Å²) in [6.45, 7) is 3.22. The number of phosphoric acid groups is 1. The lowest BCUT2D eigenvalue weighted by Gasteiger charge is -2.23. The van der Waals surface area contributed by atoms with E-state index in [0.29, 0.717) is 0 Å². The van der Waals surface area contributed by atoms with E-state index in [-0.39, 0.29) is 13.0 Å². The highest BCUT2D eigenvalue weighted by atomic mass is 79.9. The Morgan fingerprint density at radius 3 is 2.27 bits per heavy atom. The third-order valence-corrected chi connectivity index (χ3v) is 3.50. The lowest BCUT2D eigenvalue weighted by atomic mass is 10.5. The summed E-state index contributed by atoms with van der Waals surface area (Å²) in [6, 6.07) is 0. The topological polar surface area (TPSA) is 55.8 Å². The molecule has 0 saturated carbocycles. The SMILES string of the molecule is CCC(Cl)(Cl)OP(=O)(O)OCC(C)(Br)Br. The van der Waals surface area contributed by atoms with Gasteiger partial charge < -0.3 is 4.89 Å². The standard InChI is InChI=1S/C6H11Br2Cl2O4P/c1-3-6(9,10)14-15(11,12)13-4-5(2,7)8/h3-4H2,1-2H3,(H,11,12). The minimum atomic E-state index is -4.25. The molecule has 0 rings (SSSR count). The molecule has 1 atom stereocenters. The third-order valence-electron chi connectivity index (χ3n) is 1.14. The molecule has 0 bridgehead atoms. The fourth-order valence-electron chi connectivity index (χ4n) is 0.455. The predicted octanol–water partition coefficient (Wildman–Crippen LogP) is 4.17. The van der Waals surface area contributed by atoms with E-state index >= 15 is 0 Å². The van der Waals surface area contributed by atoms with Crippen LogP contribution in [0.25, 0.3) is 0 Å². The average Bonchev–Trinajstić information content (AvgIpc) is 1.98. The fourth-order valence-corrected chi connectivity index (χ4v) is 2.50. The van der Waals surface area contributed by atoms with E-state index in [2.05, 4.69) is 40.9 Å². The van der Waals surface area contributed by atoms with Crippen LogP contribution in [-0.2, 0) is 13.6 Å². The first kappa shape index (κ1) is 16.6. The van der Waals surface area contributed by atoms with E-state index in [9.17, 15) is 9.46 Å². The van der Waals surface area contributed by atoms with Crippen molar-refractivity contribution in [2.24, 2.45) is 0 Å². The van der Waals surface area contributed by atoms with Crippen molar-refractivity contribution in [1.82, 2.24) is 0 Å². The fraction of sp³-hybridized carbons (Fsp3) is 1.00. The number of hydrogen-bond donors (Lipinski definition) is 1. The molecular formula is C6H11Br2Cl2O4P. The van der Waals surface area contributed by atoms with E-state index < -0.39 is 15.6 Å². The zero-order chi connectivity index (χ0) is 12.3. The summed E-state index contributed by atoms with van der Waals surface area (Å²) in [5.41, 5.74) is 0. The lowest BCUT2D eigenvalue weighted by molar-refractivity contribution is 0.119. The van der Waals surface area contributed by atoms with Gasteiger partial charge in [-0.05, 0) is 6.92 Å². The van der Waals surface area contributed by atoms with Crippen LogP contribution >= 0.6 is 62.9 Å². The highest BCUT2D eigenvalue weighted by Crippen LogP contribution is 2.51. The summed E-state index contributed by atoms with van der Waals surface area (Å²) in [5, 5.41) is 0. The Labute approximate surface area is 115 Å². The van der Waals surface area contributed by atoms with Crippen molar-refractivity contribution in [2.75, 3.05) is 6.61 Å². The maximum atomic E-state index is 11.3. The summed E-state index contributed by atoms with van der Waals surface area (Å²) in [5.74, 6) is 0. The number of hydrogen-bond acceptors (Lipinski definition) is 3. The minimum Gasteiger partial charge on any atom is -0.302 e. The second-order valence-corrected chi connectivity index (χ2v) is 10.3. The van der Waals surface area contributed by atoms with Gasteiger partial charge in [-0.3, -0.25) is 4.52 Å². The van der Waals surface area contributed by atoms with Crippen LogP contribution in [0.2, 0.25) is 0 Å². The van der Waals surface area contributed by atoms with Crippen molar-refractivity contribution in [3.63, 3.8) is 0 Å². The molecule has 1 N–H and O–H groups in total. The molecular weight excluding hydrogens is 398 g/mol. The molecule has 0 radical (unpaired) electrons. The van der Waals surface area contributed by atoms with E-state index in [1.54, 1.807) is 13.8 Å². The second-order valence-electron chi connectivity index (χ2n) is 2.89. The average molecular weight is 409 g/mol. The molecule has 0 aliphatic rings. The van der Waals surface area contributed by atoms with Crippen molar-refractivity contribution in [1.29, 1.82) is 0 Å². The predicted molar refractivity (Wildman–Crippen MR) is 67.8 cm³/mol. The molecule has 0 saturated heterocycles. The molecule has 4 nitrogen and oxygen atoms in total. The Bertz CT molecular complexity index is 256. The maximum absolute atomic E-state index is 11.3. The van der Waals surface area contributed by atoms with Crippen LogP contribution in [0.4, 0.5) is 0 Å². The monoisotopic (exact) mass is 406 g/mol. The van der Waals surface area contributed by atoms with Crippen LogP contribution in [0, 0.1) is 0 Å². The number of halogens is 4. The highest BCUT2D eigenvalue weighted by Gasteiger charge is 2.36. The van der Waals surface area contributed by atoms with Crippen molar-refractivity contribution in [3.05, 3.63) is 0 Å². The van der Waals surface area contributed by atoms with Crippen LogP contribution in [-0.4, -0.2) is 19.3 Å². The first-order valence-electron chi connectivity index (χ1n) is 3.91. The molecule has 0 spiro atoms. The van der Waals surface area contributed by atoms with Crippen molar-refractivity contribution >= 4 is 62.9 Å². The molecule has 0 aromatic carbocycles. The molecule has 0 aliphatic heterocycles. The quantitative estimate of drug-likeness (QED) is 0.529. The van der Waals surface area contributed by atoms with Gasteiger partial charge in [-0.25, -0.2) is 9.09 Å². The van der Waals surface area contributed by atoms with Gasteiger partial charge in [0.25, 0.3) is 0 Å². The van der Waals surface area contributed by atoms with Gasteiger partial charge in [-0.2, -0.15) is 0 Å². The lowest BCUT2D eigenvalue weighted by Crippen LogP contribution is -2.19. The Hall–Kier alpha value is 1.65. The molecule has 0 fully saturated rings. The normalized spacial score (nSPS) is 17.5. The molecule has 0 aromatic heterocycles. The molecule has 9 heteroatoms. The van der Waals surface area contributed by atoms with Gasteiger partial charge in [0.1, 0.15) is 3.23 Å². The van der Waals surface area contributed by atoms with Gasteiger partial charge in [0.2, 0.25) is 4.52 Å². The number of phosphoric ester groups is 1. The van der Waals surface area contributed by atoms with Crippen molar-refractivity contribution in [2.45, 2.75) is 28.0 Å². The van der Waals surface area contributed by atoms with Gasteiger partial charge in [0.05, 0.1) is 6.61 Å². The Morgan fingerprint density at radius 1 is 1.47 bits per heavy atom. The molecule has 0 aromatic rings. The third kappa shape index (κ3) is 9.36. The smallest absolute Gasteiger partial charge is 0.302 e. The van der Waals surface area contributed by atoms with Crippen molar-refractivity contribution < 1.29 is 18.5 Å². The van der Waals surface area contributed by atoms with Gasteiger partial charge >= 0.3 is 7.82 Å². The van der Waals surface area contributed by atoms with Crippen LogP contribution in [0.1, 0.15) is 20.3 Å². The summed E-state index contributed by atoms with van der Waals surface area (Å²) in [7, 11) is -4.25. The number of alkyl halides is 4. The minimum absolute atomic E-state index is 0.0889. The Kier molecular flexibility index (Phi) is 6.67. The Morgan fingerprint density at radius 2 is 1.93 bits per heavy atom. The van der Waals surface area contributed by atoms with Gasteiger partial charge in [0.15, 0.2) is 0 Å². The zero-order valence-corrected chi connectivity index (χ0v) is 13.6. The Balaban J connectivity index is 4.27. The van der Waals surface area contributed by atoms with Crippen LogP contribution in [0.15, 0.2) is 0 Å². The highest BCUT2D eigenvalue weighted by molar-refractivity contribution is 9.25. The largest absolute Gasteiger partial charge is 0.474 e. The van der Waals surface area contributed by atoms with Crippen LogP contribution < -0.4 is 0 Å². The molecule has 0 amide bonds. The zero-order valence-electron chi connectivity index (χ0n) is 8.05. The first-order chi connectivity index (χ1) is 6.47. The maximum Gasteiger partial charge on any atom is 0.474 e. The van der Waals surface area contributed by atoms with Crippen LogP contribution in [0.3, 0.4) is 0 Å². The van der Waals surface area contributed by atoms with Crippen LogP contribution in [0.5, 0.6) is 0 Å². The van der Waals surface area contributed by atoms with E-state index in [1.165, 1.54) is 0 Å². The van der Waals surface area contributed by atoms with Gasteiger partial charge in [-0.15, -0.1) is 0 Å². The van der Waals surface area contributed by atoms with Crippen molar-refractivity contribution in [3.8, 4) is 0 Å². The van der Waals surface area contributed by atoms with E-state index in [4.69, 9.17) is 23.2 Å². The molecule has 15 heavy (non-hydrogen) atoms. The molecule has 1 unspecified atom stereocenters. The summed E-state index contributed by atoms with van der Waals surface area (Å²) >= 11 is 17.5. The van der Waals surface area contributed by atoms with Gasteiger partial charge in [-0.1, -0.05) is 62.0 Å². The first-order valence-corrected chi connectivity index (χ1v) is 7.75. The summed E-state index contributed by atoms with van der Waals surface area (Å²) < 4.78 is 18.2. The second kappa shape index (κ2) is 6.01. The summed E-state index contributed by atoms with van der Waals surface area (Å²) in [4.78, 5) is 9.25.